The van der Waals surface area contributed by atoms with Crippen molar-refractivity contribution in [2.45, 2.75) is 39.2 Å². The van der Waals surface area contributed by atoms with Crippen LogP contribution in [0.4, 0.5) is 0 Å². The van der Waals surface area contributed by atoms with Crippen molar-refractivity contribution in [2.75, 3.05) is 7.11 Å². The van der Waals surface area contributed by atoms with Gasteiger partial charge in [-0.2, -0.15) is 0 Å². The highest BCUT2D eigenvalue weighted by Gasteiger charge is 2.43. The average molecular weight is 208 g/mol. The molecule has 0 aromatic carbocycles. The van der Waals surface area contributed by atoms with E-state index in [-0.39, 0.29) is 5.92 Å². The zero-order valence-electron chi connectivity index (χ0n) is 10.0. The Morgan fingerprint density at radius 2 is 1.93 bits per heavy atom. The quantitative estimate of drug-likeness (QED) is 0.649. The minimum absolute atomic E-state index is 0.0671. The molecule has 0 heterocycles. The van der Waals surface area contributed by atoms with E-state index < -0.39 is 5.60 Å². The first-order valence-electron chi connectivity index (χ1n) is 5.50. The van der Waals surface area contributed by atoms with Crippen LogP contribution in [0.3, 0.4) is 0 Å². The van der Waals surface area contributed by atoms with E-state index in [1.165, 1.54) is 0 Å². The summed E-state index contributed by atoms with van der Waals surface area (Å²) in [7, 11) is 1.69. The Labute approximate surface area is 92.0 Å². The fraction of sp³-hybridized carbons (Fsp3) is 0.615. The van der Waals surface area contributed by atoms with Gasteiger partial charge in [0.2, 0.25) is 0 Å². The van der Waals surface area contributed by atoms with Crippen molar-refractivity contribution in [3.05, 3.63) is 23.3 Å². The first kappa shape index (κ1) is 12.2. The summed E-state index contributed by atoms with van der Waals surface area (Å²) >= 11 is 0. The van der Waals surface area contributed by atoms with Crippen molar-refractivity contribution >= 4 is 6.29 Å². The van der Waals surface area contributed by atoms with Crippen molar-refractivity contribution in [3.8, 4) is 0 Å². The Morgan fingerprint density at radius 1 is 1.40 bits per heavy atom. The van der Waals surface area contributed by atoms with E-state index in [0.29, 0.717) is 0 Å². The molecule has 0 radical (unpaired) electrons. The van der Waals surface area contributed by atoms with Gasteiger partial charge in [-0.15, -0.1) is 0 Å². The maximum Gasteiger partial charge on any atom is 0.126 e. The van der Waals surface area contributed by atoms with Crippen molar-refractivity contribution < 1.29 is 9.53 Å². The van der Waals surface area contributed by atoms with Gasteiger partial charge in [0.25, 0.3) is 0 Å². The highest BCUT2D eigenvalue weighted by atomic mass is 16.5. The number of aldehydes is 1. The fourth-order valence-corrected chi connectivity index (χ4v) is 2.54. The SMILES string of the molecule is CCCC(C=O)C1(OC)C(C)=CC=C1C. The number of hydrogen-bond acceptors (Lipinski definition) is 2. The van der Waals surface area contributed by atoms with E-state index in [1.54, 1.807) is 7.11 Å². The van der Waals surface area contributed by atoms with Crippen molar-refractivity contribution in [3.63, 3.8) is 0 Å². The number of allylic oxidation sites excluding steroid dienone is 2. The molecule has 0 aromatic rings. The van der Waals surface area contributed by atoms with Gasteiger partial charge in [0.1, 0.15) is 11.9 Å². The number of carbonyl (C=O) groups is 1. The molecule has 0 N–H and O–H groups in total. The molecule has 15 heavy (non-hydrogen) atoms. The Kier molecular flexibility index (Phi) is 3.86. The molecule has 0 aromatic heterocycles. The second-order valence-corrected chi connectivity index (χ2v) is 4.17. The molecule has 2 heteroatoms. The summed E-state index contributed by atoms with van der Waals surface area (Å²) in [4.78, 5) is 11.2. The van der Waals surface area contributed by atoms with Crippen LogP contribution in [0.15, 0.2) is 23.3 Å². The van der Waals surface area contributed by atoms with Crippen LogP contribution in [0, 0.1) is 5.92 Å². The summed E-state index contributed by atoms with van der Waals surface area (Å²) in [5, 5.41) is 0. The van der Waals surface area contributed by atoms with Crippen LogP contribution in [-0.4, -0.2) is 19.0 Å². The first-order valence-corrected chi connectivity index (χ1v) is 5.50. The lowest BCUT2D eigenvalue weighted by atomic mass is 9.77. The molecule has 0 saturated heterocycles. The van der Waals surface area contributed by atoms with Crippen molar-refractivity contribution in [2.24, 2.45) is 5.92 Å². The van der Waals surface area contributed by atoms with Gasteiger partial charge in [-0.1, -0.05) is 25.5 Å². The third-order valence-electron chi connectivity index (χ3n) is 3.36. The van der Waals surface area contributed by atoms with Gasteiger partial charge < -0.3 is 9.53 Å². The van der Waals surface area contributed by atoms with Crippen LogP contribution in [0.25, 0.3) is 0 Å². The highest BCUT2D eigenvalue weighted by molar-refractivity contribution is 5.62. The molecule has 1 unspecified atom stereocenters. The topological polar surface area (TPSA) is 26.3 Å². The normalized spacial score (nSPS) is 20.8. The third kappa shape index (κ3) is 1.78. The van der Waals surface area contributed by atoms with Crippen LogP contribution in [0.1, 0.15) is 33.6 Å². The first-order chi connectivity index (χ1) is 7.13. The fourth-order valence-electron chi connectivity index (χ4n) is 2.54. The van der Waals surface area contributed by atoms with Gasteiger partial charge in [-0.25, -0.2) is 0 Å². The summed E-state index contributed by atoms with van der Waals surface area (Å²) in [5.74, 6) is -0.0671. The molecule has 2 nitrogen and oxygen atoms in total. The van der Waals surface area contributed by atoms with Gasteiger partial charge in [-0.3, -0.25) is 0 Å². The smallest absolute Gasteiger partial charge is 0.126 e. The number of ether oxygens (including phenoxy) is 1. The molecular weight excluding hydrogens is 188 g/mol. The van der Waals surface area contributed by atoms with E-state index in [2.05, 4.69) is 6.92 Å². The predicted octanol–water partition coefficient (Wildman–Crippen LogP) is 2.89. The molecule has 1 rings (SSSR count). The molecular formula is C13H20O2. The molecule has 1 aliphatic rings. The van der Waals surface area contributed by atoms with Gasteiger partial charge in [0.15, 0.2) is 0 Å². The van der Waals surface area contributed by atoms with Crippen LogP contribution in [0.2, 0.25) is 0 Å². The van der Waals surface area contributed by atoms with E-state index in [1.807, 2.05) is 26.0 Å². The zero-order valence-corrected chi connectivity index (χ0v) is 10.0. The molecule has 0 bridgehead atoms. The van der Waals surface area contributed by atoms with Gasteiger partial charge in [0, 0.05) is 7.11 Å². The molecule has 0 saturated carbocycles. The molecule has 0 fully saturated rings. The Morgan fingerprint density at radius 3 is 2.27 bits per heavy atom. The molecule has 1 aliphatic carbocycles. The lowest BCUT2D eigenvalue weighted by molar-refractivity contribution is -0.118. The maximum atomic E-state index is 11.2. The number of methoxy groups -OCH3 is 1. The Balaban J connectivity index is 3.07. The lowest BCUT2D eigenvalue weighted by Gasteiger charge is -2.36. The molecule has 1 atom stereocenters. The summed E-state index contributed by atoms with van der Waals surface area (Å²) in [6, 6.07) is 0. The average Bonchev–Trinajstić information content (AvgIpc) is 2.53. The molecule has 0 spiro atoms. The van der Waals surface area contributed by atoms with Gasteiger partial charge >= 0.3 is 0 Å². The molecule has 0 aliphatic heterocycles. The second kappa shape index (κ2) is 4.75. The highest BCUT2D eigenvalue weighted by Crippen LogP contribution is 2.41. The van der Waals surface area contributed by atoms with Crippen LogP contribution < -0.4 is 0 Å². The lowest BCUT2D eigenvalue weighted by Crippen LogP contribution is -2.42. The van der Waals surface area contributed by atoms with E-state index in [4.69, 9.17) is 4.74 Å². The maximum absolute atomic E-state index is 11.2. The summed E-state index contributed by atoms with van der Waals surface area (Å²) in [6.07, 6.45) is 6.99. The largest absolute Gasteiger partial charge is 0.369 e. The van der Waals surface area contributed by atoms with Gasteiger partial charge in [-0.05, 0) is 31.4 Å². The second-order valence-electron chi connectivity index (χ2n) is 4.17. The number of carbonyl (C=O) groups excluding carboxylic acids is 1. The Bertz CT molecular complexity index is 282. The zero-order chi connectivity index (χ0) is 11.5. The monoisotopic (exact) mass is 208 g/mol. The van der Waals surface area contributed by atoms with Gasteiger partial charge in [0.05, 0.1) is 5.92 Å². The minimum Gasteiger partial charge on any atom is -0.369 e. The van der Waals surface area contributed by atoms with Crippen molar-refractivity contribution in [1.82, 2.24) is 0 Å². The number of hydrogen-bond donors (Lipinski definition) is 0. The van der Waals surface area contributed by atoms with E-state index in [0.717, 1.165) is 30.3 Å². The minimum atomic E-state index is -0.474. The van der Waals surface area contributed by atoms with Crippen LogP contribution in [0.5, 0.6) is 0 Å². The summed E-state index contributed by atoms with van der Waals surface area (Å²) < 4.78 is 5.66. The van der Waals surface area contributed by atoms with Crippen LogP contribution in [-0.2, 0) is 9.53 Å². The van der Waals surface area contributed by atoms with Crippen LogP contribution >= 0.6 is 0 Å². The number of rotatable bonds is 5. The third-order valence-corrected chi connectivity index (χ3v) is 3.36. The molecule has 84 valence electrons. The standard InChI is InChI=1S/C13H20O2/c1-5-6-12(9-14)13(15-4)10(2)7-8-11(13)3/h7-9,12H,5-6H2,1-4H3. The predicted molar refractivity (Wildman–Crippen MR) is 61.7 cm³/mol. The molecule has 0 amide bonds. The summed E-state index contributed by atoms with van der Waals surface area (Å²) in [6.45, 7) is 6.15. The van der Waals surface area contributed by atoms with Crippen molar-refractivity contribution in [1.29, 1.82) is 0 Å². The summed E-state index contributed by atoms with van der Waals surface area (Å²) in [5.41, 5.74) is 1.79. The van der Waals surface area contributed by atoms with E-state index in [9.17, 15) is 4.79 Å². The Hall–Kier alpha value is -0.890. The van der Waals surface area contributed by atoms with E-state index >= 15 is 0 Å².